The molecule has 3 nitrogen and oxygen atoms in total. The van der Waals surface area contributed by atoms with Crippen molar-refractivity contribution in [2.24, 2.45) is 0 Å². The number of nitrogens with zero attached hydrogens (tertiary/aromatic N) is 2. The van der Waals surface area contributed by atoms with Crippen molar-refractivity contribution in [1.29, 1.82) is 0 Å². The predicted molar refractivity (Wildman–Crippen MR) is 93.2 cm³/mol. The van der Waals surface area contributed by atoms with Gasteiger partial charge in [0.25, 0.3) is 5.56 Å². The van der Waals surface area contributed by atoms with Gasteiger partial charge in [0, 0.05) is 11.2 Å². The molecular formula is C19H13ClN2O. The second-order valence-electron chi connectivity index (χ2n) is 5.50. The van der Waals surface area contributed by atoms with Gasteiger partial charge in [-0.2, -0.15) is 0 Å². The molecule has 4 heteroatoms. The first-order valence-electron chi connectivity index (χ1n) is 7.35. The van der Waals surface area contributed by atoms with Crippen LogP contribution in [0.1, 0.15) is 11.1 Å². The third-order valence-corrected chi connectivity index (χ3v) is 4.15. The molecule has 0 aliphatic carbocycles. The molecule has 0 unspecified atom stereocenters. The van der Waals surface area contributed by atoms with Crippen molar-refractivity contribution in [3.63, 3.8) is 0 Å². The predicted octanol–water partition coefficient (Wildman–Crippen LogP) is 4.09. The third-order valence-electron chi connectivity index (χ3n) is 3.90. The van der Waals surface area contributed by atoms with Crippen LogP contribution in [0.3, 0.4) is 0 Å². The number of pyridine rings is 1. The quantitative estimate of drug-likeness (QED) is 0.521. The van der Waals surface area contributed by atoms with Gasteiger partial charge in [-0.25, -0.2) is 4.98 Å². The smallest absolute Gasteiger partial charge is 0.265 e. The Morgan fingerprint density at radius 2 is 1.65 bits per heavy atom. The molecule has 0 N–H and O–H groups in total. The van der Waals surface area contributed by atoms with Crippen LogP contribution in [0.2, 0.25) is 5.02 Å². The Morgan fingerprint density at radius 1 is 0.913 bits per heavy atom. The van der Waals surface area contributed by atoms with Crippen LogP contribution in [-0.2, 0) is 6.42 Å². The average Bonchev–Trinajstić information content (AvgIpc) is 2.58. The van der Waals surface area contributed by atoms with Gasteiger partial charge in [-0.1, -0.05) is 41.9 Å². The highest BCUT2D eigenvalue weighted by atomic mass is 35.5. The second-order valence-corrected chi connectivity index (χ2v) is 5.94. The summed E-state index contributed by atoms with van der Waals surface area (Å²) in [7, 11) is 0. The summed E-state index contributed by atoms with van der Waals surface area (Å²) in [5, 5.41) is 1.35. The number of hydrogen-bond acceptors (Lipinski definition) is 2. The molecule has 0 saturated heterocycles. The third kappa shape index (κ3) is 2.60. The lowest BCUT2D eigenvalue weighted by molar-refractivity contribution is 1.04. The monoisotopic (exact) mass is 320 g/mol. The standard InChI is InChI=1S/C19H13ClN2O/c20-15-8-5-13(6-9-15)11-14-7-10-18-21-17-4-2-1-3-16(17)19(23)22(18)12-14/h1-10,12H,11H2. The number of para-hydroxylation sites is 1. The summed E-state index contributed by atoms with van der Waals surface area (Å²) in [6.07, 6.45) is 2.61. The maximum atomic E-state index is 12.6. The summed E-state index contributed by atoms with van der Waals surface area (Å²) in [5.41, 5.74) is 3.55. The molecular weight excluding hydrogens is 308 g/mol. The molecule has 0 radical (unpaired) electrons. The van der Waals surface area contributed by atoms with E-state index in [4.69, 9.17) is 11.6 Å². The van der Waals surface area contributed by atoms with E-state index in [0.29, 0.717) is 11.0 Å². The molecule has 2 aromatic carbocycles. The Hall–Kier alpha value is -2.65. The molecule has 2 aromatic heterocycles. The van der Waals surface area contributed by atoms with Gasteiger partial charge in [-0.3, -0.25) is 9.20 Å². The van der Waals surface area contributed by atoms with Gasteiger partial charge in [0.2, 0.25) is 0 Å². The summed E-state index contributed by atoms with van der Waals surface area (Å²) >= 11 is 5.92. The topological polar surface area (TPSA) is 34.4 Å². The molecule has 23 heavy (non-hydrogen) atoms. The zero-order valence-electron chi connectivity index (χ0n) is 12.2. The maximum absolute atomic E-state index is 12.6. The first-order valence-corrected chi connectivity index (χ1v) is 7.73. The van der Waals surface area contributed by atoms with Crippen LogP contribution in [0, 0.1) is 0 Å². The van der Waals surface area contributed by atoms with E-state index in [0.717, 1.165) is 28.1 Å². The fraction of sp³-hybridized carbons (Fsp3) is 0.0526. The first-order chi connectivity index (χ1) is 11.2. The fourth-order valence-corrected chi connectivity index (χ4v) is 2.86. The van der Waals surface area contributed by atoms with E-state index in [1.165, 1.54) is 0 Å². The number of fused-ring (bicyclic) bond motifs is 2. The van der Waals surface area contributed by atoms with E-state index in [-0.39, 0.29) is 5.56 Å². The molecule has 2 heterocycles. The first kappa shape index (κ1) is 14.0. The normalized spacial score (nSPS) is 11.2. The highest BCUT2D eigenvalue weighted by Crippen LogP contribution is 2.15. The van der Waals surface area contributed by atoms with E-state index in [1.54, 1.807) is 4.40 Å². The van der Waals surface area contributed by atoms with Crippen molar-refractivity contribution < 1.29 is 0 Å². The van der Waals surface area contributed by atoms with E-state index in [2.05, 4.69) is 4.98 Å². The molecule has 0 fully saturated rings. The number of hydrogen-bond donors (Lipinski definition) is 0. The summed E-state index contributed by atoms with van der Waals surface area (Å²) in [6.45, 7) is 0. The Kier molecular flexibility index (Phi) is 3.36. The molecule has 112 valence electrons. The van der Waals surface area contributed by atoms with Crippen LogP contribution < -0.4 is 5.56 Å². The van der Waals surface area contributed by atoms with Crippen molar-refractivity contribution in [3.8, 4) is 0 Å². The minimum Gasteiger partial charge on any atom is -0.268 e. The molecule has 4 rings (SSSR count). The Morgan fingerprint density at radius 3 is 2.48 bits per heavy atom. The maximum Gasteiger partial charge on any atom is 0.265 e. The minimum absolute atomic E-state index is 0.0384. The van der Waals surface area contributed by atoms with Crippen molar-refractivity contribution in [3.05, 3.63) is 93.4 Å². The van der Waals surface area contributed by atoms with Crippen LogP contribution in [-0.4, -0.2) is 9.38 Å². The molecule has 0 aliphatic heterocycles. The van der Waals surface area contributed by atoms with Crippen molar-refractivity contribution in [2.75, 3.05) is 0 Å². The molecule has 0 bridgehead atoms. The zero-order valence-corrected chi connectivity index (χ0v) is 13.0. The summed E-state index contributed by atoms with van der Waals surface area (Å²) in [6, 6.07) is 19.0. The van der Waals surface area contributed by atoms with Crippen LogP contribution in [0.5, 0.6) is 0 Å². The summed E-state index contributed by atoms with van der Waals surface area (Å²) in [4.78, 5) is 17.2. The lowest BCUT2D eigenvalue weighted by Crippen LogP contribution is -2.15. The van der Waals surface area contributed by atoms with Gasteiger partial charge in [0.1, 0.15) is 5.65 Å². The largest absolute Gasteiger partial charge is 0.268 e. The lowest BCUT2D eigenvalue weighted by Gasteiger charge is -2.07. The van der Waals surface area contributed by atoms with E-state index in [9.17, 15) is 4.79 Å². The lowest BCUT2D eigenvalue weighted by atomic mass is 10.1. The second kappa shape index (κ2) is 5.52. The molecule has 0 amide bonds. The Labute approximate surface area is 137 Å². The van der Waals surface area contributed by atoms with Gasteiger partial charge in [-0.05, 0) is 47.9 Å². The summed E-state index contributed by atoms with van der Waals surface area (Å²) < 4.78 is 1.62. The van der Waals surface area contributed by atoms with Crippen molar-refractivity contribution >= 4 is 28.2 Å². The fourth-order valence-electron chi connectivity index (χ4n) is 2.74. The van der Waals surface area contributed by atoms with Gasteiger partial charge < -0.3 is 0 Å². The molecule has 0 spiro atoms. The highest BCUT2D eigenvalue weighted by molar-refractivity contribution is 6.30. The van der Waals surface area contributed by atoms with Crippen molar-refractivity contribution in [2.45, 2.75) is 6.42 Å². The van der Waals surface area contributed by atoms with Gasteiger partial charge in [0.05, 0.1) is 10.9 Å². The van der Waals surface area contributed by atoms with Crippen LogP contribution in [0.15, 0.2) is 71.7 Å². The van der Waals surface area contributed by atoms with Crippen LogP contribution >= 0.6 is 11.6 Å². The zero-order chi connectivity index (χ0) is 15.8. The number of benzene rings is 2. The molecule has 4 aromatic rings. The van der Waals surface area contributed by atoms with Gasteiger partial charge in [-0.15, -0.1) is 0 Å². The minimum atomic E-state index is -0.0384. The highest BCUT2D eigenvalue weighted by Gasteiger charge is 2.06. The number of aromatic nitrogens is 2. The summed E-state index contributed by atoms with van der Waals surface area (Å²) in [5.74, 6) is 0. The Bertz CT molecular complexity index is 1070. The van der Waals surface area contributed by atoms with Crippen LogP contribution in [0.25, 0.3) is 16.6 Å². The molecule has 0 aliphatic rings. The van der Waals surface area contributed by atoms with Gasteiger partial charge in [0.15, 0.2) is 0 Å². The number of halogens is 1. The van der Waals surface area contributed by atoms with E-state index in [1.807, 2.05) is 66.9 Å². The average molecular weight is 321 g/mol. The van der Waals surface area contributed by atoms with E-state index >= 15 is 0 Å². The van der Waals surface area contributed by atoms with Crippen molar-refractivity contribution in [1.82, 2.24) is 9.38 Å². The molecule has 0 saturated carbocycles. The van der Waals surface area contributed by atoms with E-state index < -0.39 is 0 Å². The van der Waals surface area contributed by atoms with Crippen LogP contribution in [0.4, 0.5) is 0 Å². The number of rotatable bonds is 2. The SMILES string of the molecule is O=c1c2ccccc2nc2ccc(Cc3ccc(Cl)cc3)cn12. The molecule has 0 atom stereocenters. The van der Waals surface area contributed by atoms with Gasteiger partial charge >= 0.3 is 0 Å². The Balaban J connectivity index is 1.83.